The van der Waals surface area contributed by atoms with Gasteiger partial charge in [-0.2, -0.15) is 0 Å². The number of carbonyl (C=O) groups excluding carboxylic acids is 1. The Kier molecular flexibility index (Phi) is 1.79. The lowest BCUT2D eigenvalue weighted by molar-refractivity contribution is 0.206. The molecule has 0 bridgehead atoms. The van der Waals surface area contributed by atoms with Crippen molar-refractivity contribution in [3.8, 4) is 0 Å². The Morgan fingerprint density at radius 1 is 1.55 bits per heavy atom. The summed E-state index contributed by atoms with van der Waals surface area (Å²) in [5.74, 6) is -0.219. The van der Waals surface area contributed by atoms with Gasteiger partial charge in [0.15, 0.2) is 0 Å². The Morgan fingerprint density at radius 2 is 2.09 bits per heavy atom. The Morgan fingerprint density at radius 3 is 2.27 bits per heavy atom. The molecule has 0 saturated carbocycles. The van der Waals surface area contributed by atoms with Crippen molar-refractivity contribution in [3.63, 3.8) is 0 Å². The largest absolute Gasteiger partial charge is 0.332 e. The summed E-state index contributed by atoms with van der Waals surface area (Å²) < 4.78 is 23.4. The fraction of sp³-hybridized carbons (Fsp3) is 0.800. The second-order valence-corrected chi connectivity index (χ2v) is 4.41. The van der Waals surface area contributed by atoms with Crippen LogP contribution in [-0.2, 0) is 10.0 Å². The zero-order valence-electron chi connectivity index (χ0n) is 6.36. The first kappa shape index (κ1) is 8.32. The minimum atomic E-state index is -3.36. The number of carbonyl (C=O) groups is 1. The van der Waals surface area contributed by atoms with Crippen LogP contribution in [0.25, 0.3) is 0 Å². The molecule has 0 aliphatic carbocycles. The van der Waals surface area contributed by atoms with Crippen molar-refractivity contribution >= 4 is 16.1 Å². The molecular formula is C5H10N2O3S. The molecule has 6 heteroatoms. The Bertz CT molecular complexity index is 269. The first-order chi connectivity index (χ1) is 4.92. The second kappa shape index (κ2) is 2.37. The minimum absolute atomic E-state index is 0.0766. The summed E-state index contributed by atoms with van der Waals surface area (Å²) in [6.07, 6.45) is 0. The summed E-state index contributed by atoms with van der Waals surface area (Å²) in [5, 5.41) is 0. The molecule has 11 heavy (non-hydrogen) atoms. The molecule has 1 aliphatic rings. The third-order valence-corrected chi connectivity index (χ3v) is 2.54. The maximum Gasteiger partial charge on any atom is 0.332 e. The van der Waals surface area contributed by atoms with Crippen molar-refractivity contribution in [1.29, 1.82) is 0 Å². The first-order valence-corrected chi connectivity index (χ1v) is 4.89. The number of nitrogens with zero attached hydrogens (tertiary/aromatic N) is 1. The number of hydrogen-bond acceptors (Lipinski definition) is 3. The molecule has 0 unspecified atom stereocenters. The summed E-state index contributed by atoms with van der Waals surface area (Å²) in [6, 6.07) is -0.604. The number of hydrogen-bond donors (Lipinski definition) is 1. The number of amides is 2. The third kappa shape index (κ3) is 1.62. The molecule has 1 saturated heterocycles. The predicted octanol–water partition coefficient (Wildman–Crippen LogP) is -0.293. The molecule has 0 aromatic heterocycles. The second-order valence-electron chi connectivity index (χ2n) is 2.71. The molecule has 0 atom stereocenters. The van der Waals surface area contributed by atoms with E-state index in [1.165, 1.54) is 4.90 Å². The molecule has 64 valence electrons. The average molecular weight is 178 g/mol. The van der Waals surface area contributed by atoms with E-state index in [0.717, 1.165) is 0 Å². The van der Waals surface area contributed by atoms with Crippen LogP contribution in [0.3, 0.4) is 0 Å². The molecule has 0 radical (unpaired) electrons. The average Bonchev–Trinajstić information content (AvgIpc) is 2.05. The van der Waals surface area contributed by atoms with Gasteiger partial charge in [-0.15, -0.1) is 0 Å². The molecule has 2 amide bonds. The lowest BCUT2D eigenvalue weighted by Gasteiger charge is -2.15. The molecule has 1 N–H and O–H groups in total. The van der Waals surface area contributed by atoms with Crippen LogP contribution in [-0.4, -0.2) is 31.3 Å². The van der Waals surface area contributed by atoms with Gasteiger partial charge >= 0.3 is 6.03 Å². The third-order valence-electron chi connectivity index (χ3n) is 1.44. The lowest BCUT2D eigenvalue weighted by atomic mass is 10.4. The molecular weight excluding hydrogens is 168 g/mol. The van der Waals surface area contributed by atoms with Gasteiger partial charge in [0.2, 0.25) is 0 Å². The van der Waals surface area contributed by atoms with Gasteiger partial charge < -0.3 is 4.90 Å². The van der Waals surface area contributed by atoms with Crippen LogP contribution in [0.5, 0.6) is 0 Å². The number of rotatable bonds is 1. The van der Waals surface area contributed by atoms with Crippen molar-refractivity contribution in [1.82, 2.24) is 9.62 Å². The van der Waals surface area contributed by atoms with E-state index in [4.69, 9.17) is 0 Å². The van der Waals surface area contributed by atoms with Crippen LogP contribution in [0.15, 0.2) is 0 Å². The molecule has 5 nitrogen and oxygen atoms in total. The SMILES string of the molecule is CC(C)N1CS(=O)(=O)NC1=O. The van der Waals surface area contributed by atoms with Crippen molar-refractivity contribution in [2.75, 3.05) is 5.88 Å². The van der Waals surface area contributed by atoms with Gasteiger partial charge in [-0.1, -0.05) is 0 Å². The van der Waals surface area contributed by atoms with Crippen LogP contribution in [0.4, 0.5) is 4.79 Å². The predicted molar refractivity (Wildman–Crippen MR) is 39.3 cm³/mol. The molecule has 1 fully saturated rings. The number of urea groups is 1. The fourth-order valence-electron chi connectivity index (χ4n) is 0.849. The number of sulfonamides is 1. The van der Waals surface area contributed by atoms with Gasteiger partial charge in [-0.25, -0.2) is 17.9 Å². The van der Waals surface area contributed by atoms with Gasteiger partial charge in [-0.3, -0.25) is 0 Å². The quantitative estimate of drug-likeness (QED) is 0.600. The standard InChI is InChI=1S/C5H10N2O3S/c1-4(2)7-3-11(9,10)6-5(7)8/h4H,3H2,1-2H3,(H,6,8). The maximum absolute atomic E-state index is 10.9. The maximum atomic E-state index is 10.9. The summed E-state index contributed by atoms with van der Waals surface area (Å²) in [7, 11) is -3.36. The van der Waals surface area contributed by atoms with Crippen LogP contribution in [0.2, 0.25) is 0 Å². The van der Waals surface area contributed by atoms with E-state index in [2.05, 4.69) is 0 Å². The van der Waals surface area contributed by atoms with E-state index in [1.54, 1.807) is 13.8 Å². The van der Waals surface area contributed by atoms with Crippen LogP contribution < -0.4 is 4.72 Å². The molecule has 1 aliphatic heterocycles. The molecule has 0 aromatic carbocycles. The van der Waals surface area contributed by atoms with Gasteiger partial charge in [-0.05, 0) is 13.8 Å². The van der Waals surface area contributed by atoms with Crippen LogP contribution >= 0.6 is 0 Å². The zero-order chi connectivity index (χ0) is 8.65. The Labute approximate surface area is 65.4 Å². The van der Waals surface area contributed by atoms with E-state index in [0.29, 0.717) is 0 Å². The molecule has 1 rings (SSSR count). The Balaban J connectivity index is 2.83. The topological polar surface area (TPSA) is 66.5 Å². The summed E-state index contributed by atoms with van der Waals surface area (Å²) in [5.41, 5.74) is 0. The number of nitrogens with one attached hydrogen (secondary N) is 1. The summed E-state index contributed by atoms with van der Waals surface area (Å²) >= 11 is 0. The van der Waals surface area contributed by atoms with Crippen molar-refractivity contribution in [2.24, 2.45) is 0 Å². The first-order valence-electron chi connectivity index (χ1n) is 3.23. The molecule has 0 spiro atoms. The van der Waals surface area contributed by atoms with Gasteiger partial charge in [0.25, 0.3) is 10.0 Å². The molecule has 0 aromatic rings. The van der Waals surface area contributed by atoms with Gasteiger partial charge in [0.1, 0.15) is 5.88 Å². The Hall–Kier alpha value is -0.780. The van der Waals surface area contributed by atoms with Gasteiger partial charge in [0.05, 0.1) is 0 Å². The van der Waals surface area contributed by atoms with Crippen LogP contribution in [0, 0.1) is 0 Å². The highest BCUT2D eigenvalue weighted by atomic mass is 32.2. The van der Waals surface area contributed by atoms with E-state index >= 15 is 0 Å². The smallest absolute Gasteiger partial charge is 0.305 e. The summed E-state index contributed by atoms with van der Waals surface area (Å²) in [4.78, 5) is 12.1. The lowest BCUT2D eigenvalue weighted by Crippen LogP contribution is -2.33. The monoisotopic (exact) mass is 178 g/mol. The zero-order valence-corrected chi connectivity index (χ0v) is 7.18. The highest BCUT2D eigenvalue weighted by molar-refractivity contribution is 7.90. The van der Waals surface area contributed by atoms with Crippen molar-refractivity contribution in [2.45, 2.75) is 19.9 Å². The van der Waals surface area contributed by atoms with E-state index in [-0.39, 0.29) is 11.9 Å². The molecule has 1 heterocycles. The normalized spacial score (nSPS) is 22.5. The highest BCUT2D eigenvalue weighted by Crippen LogP contribution is 2.08. The minimum Gasteiger partial charge on any atom is -0.305 e. The van der Waals surface area contributed by atoms with E-state index < -0.39 is 16.1 Å². The highest BCUT2D eigenvalue weighted by Gasteiger charge is 2.33. The van der Waals surface area contributed by atoms with Crippen molar-refractivity contribution < 1.29 is 13.2 Å². The van der Waals surface area contributed by atoms with E-state index in [9.17, 15) is 13.2 Å². The van der Waals surface area contributed by atoms with Gasteiger partial charge in [0, 0.05) is 6.04 Å². The fourth-order valence-corrected chi connectivity index (χ4v) is 2.08. The van der Waals surface area contributed by atoms with E-state index in [1.807, 2.05) is 4.72 Å². The summed E-state index contributed by atoms with van der Waals surface area (Å²) in [6.45, 7) is 3.53. The van der Waals surface area contributed by atoms with Crippen molar-refractivity contribution in [3.05, 3.63) is 0 Å². The van der Waals surface area contributed by atoms with Crippen LogP contribution in [0.1, 0.15) is 13.8 Å².